The predicted octanol–water partition coefficient (Wildman–Crippen LogP) is 0.556. The predicted molar refractivity (Wildman–Crippen MR) is 93.9 cm³/mol. The van der Waals surface area contributed by atoms with E-state index in [9.17, 15) is 9.59 Å². The summed E-state index contributed by atoms with van der Waals surface area (Å²) in [6.45, 7) is 3.28. The molecule has 136 valence electrons. The van der Waals surface area contributed by atoms with Gasteiger partial charge in [0, 0.05) is 25.5 Å². The minimum Gasteiger partial charge on any atom is -0.364 e. The maximum absolute atomic E-state index is 13.4. The highest BCUT2D eigenvalue weighted by Crippen LogP contribution is 2.28. The van der Waals surface area contributed by atoms with Crippen LogP contribution in [0.2, 0.25) is 0 Å². The first-order chi connectivity index (χ1) is 12.6. The van der Waals surface area contributed by atoms with Crippen molar-refractivity contribution in [3.8, 4) is 0 Å². The number of carbonyl (C=O) groups excluding carboxylic acids is 2. The van der Waals surface area contributed by atoms with Crippen molar-refractivity contribution in [2.45, 2.75) is 32.0 Å². The van der Waals surface area contributed by atoms with Gasteiger partial charge in [-0.25, -0.2) is 4.98 Å². The van der Waals surface area contributed by atoms with Crippen LogP contribution in [0.15, 0.2) is 30.7 Å². The summed E-state index contributed by atoms with van der Waals surface area (Å²) in [6.07, 6.45) is 7.20. The van der Waals surface area contributed by atoms with Gasteiger partial charge in [-0.05, 0) is 37.6 Å². The number of likely N-dealkylation sites (tertiary alicyclic amines) is 1. The number of imidazole rings is 1. The molecule has 8 nitrogen and oxygen atoms in total. The van der Waals surface area contributed by atoms with Crippen molar-refractivity contribution in [1.82, 2.24) is 24.3 Å². The summed E-state index contributed by atoms with van der Waals surface area (Å²) in [7, 11) is 0. The molecule has 1 fully saturated rings. The Morgan fingerprint density at radius 1 is 1.12 bits per heavy atom. The second-order valence-corrected chi connectivity index (χ2v) is 6.77. The molecule has 2 N–H and O–H groups in total. The highest BCUT2D eigenvalue weighted by molar-refractivity contribution is 5.91. The van der Waals surface area contributed by atoms with Crippen LogP contribution in [0.4, 0.5) is 0 Å². The monoisotopic (exact) mass is 354 g/mol. The van der Waals surface area contributed by atoms with Crippen LogP contribution < -0.4 is 5.73 Å². The molecule has 0 spiro atoms. The van der Waals surface area contributed by atoms with E-state index in [2.05, 4.69) is 14.9 Å². The molecule has 26 heavy (non-hydrogen) atoms. The van der Waals surface area contributed by atoms with Gasteiger partial charge in [-0.3, -0.25) is 19.5 Å². The van der Waals surface area contributed by atoms with E-state index >= 15 is 0 Å². The molecule has 0 unspecified atom stereocenters. The molecular formula is C18H22N6O2. The van der Waals surface area contributed by atoms with Crippen LogP contribution in [-0.2, 0) is 17.9 Å². The van der Waals surface area contributed by atoms with Gasteiger partial charge in [0.25, 0.3) is 5.91 Å². The van der Waals surface area contributed by atoms with Gasteiger partial charge in [0.15, 0.2) is 0 Å². The van der Waals surface area contributed by atoms with Crippen molar-refractivity contribution in [3.63, 3.8) is 0 Å². The Hall–Kier alpha value is -2.74. The number of rotatable bonds is 4. The average Bonchev–Trinajstić information content (AvgIpc) is 3.32. The van der Waals surface area contributed by atoms with Crippen LogP contribution in [0.5, 0.6) is 0 Å². The Morgan fingerprint density at radius 3 is 2.62 bits per heavy atom. The van der Waals surface area contributed by atoms with Crippen molar-refractivity contribution in [1.29, 1.82) is 0 Å². The summed E-state index contributed by atoms with van der Waals surface area (Å²) >= 11 is 0. The Balaban J connectivity index is 1.59. The normalized spacial score (nSPS) is 18.5. The molecule has 2 aliphatic rings. The number of hydrogen-bond acceptors (Lipinski definition) is 5. The molecule has 2 aliphatic heterocycles. The van der Waals surface area contributed by atoms with Crippen LogP contribution in [-0.4, -0.2) is 55.8 Å². The van der Waals surface area contributed by atoms with E-state index < -0.39 is 5.91 Å². The molecular weight excluding hydrogens is 332 g/mol. The number of hydrogen-bond donors (Lipinski definition) is 1. The Labute approximate surface area is 151 Å². The van der Waals surface area contributed by atoms with E-state index in [4.69, 9.17) is 5.73 Å². The summed E-state index contributed by atoms with van der Waals surface area (Å²) in [5.74, 6) is 0.272. The van der Waals surface area contributed by atoms with Crippen molar-refractivity contribution >= 4 is 11.8 Å². The van der Waals surface area contributed by atoms with E-state index in [0.29, 0.717) is 31.2 Å². The standard InChI is InChI=1S/C18H22N6O2/c19-17(25)14-11-21-15-12-23(8-9-24(14)15)18(26)16(22-6-1-2-7-22)13-4-3-5-20-10-13/h3-5,10-11,16H,1-2,6-9,12H2,(H2,19,25)/t16-/m1/s1. The number of pyridine rings is 1. The van der Waals surface area contributed by atoms with E-state index in [1.807, 2.05) is 17.0 Å². The van der Waals surface area contributed by atoms with Gasteiger partial charge in [0.1, 0.15) is 17.6 Å². The maximum atomic E-state index is 13.4. The largest absolute Gasteiger partial charge is 0.364 e. The van der Waals surface area contributed by atoms with E-state index in [1.165, 1.54) is 6.20 Å². The van der Waals surface area contributed by atoms with Gasteiger partial charge in [0.05, 0.1) is 12.7 Å². The van der Waals surface area contributed by atoms with Gasteiger partial charge < -0.3 is 15.2 Å². The number of primary amides is 1. The summed E-state index contributed by atoms with van der Waals surface area (Å²) in [6, 6.07) is 3.51. The zero-order valence-electron chi connectivity index (χ0n) is 14.5. The highest BCUT2D eigenvalue weighted by Gasteiger charge is 2.35. The zero-order chi connectivity index (χ0) is 18.1. The first-order valence-corrected chi connectivity index (χ1v) is 8.92. The molecule has 0 saturated carbocycles. The van der Waals surface area contributed by atoms with Gasteiger partial charge in [-0.1, -0.05) is 6.07 Å². The molecule has 0 bridgehead atoms. The highest BCUT2D eigenvalue weighted by atomic mass is 16.2. The lowest BCUT2D eigenvalue weighted by atomic mass is 10.1. The molecule has 0 aliphatic carbocycles. The Bertz CT molecular complexity index is 812. The summed E-state index contributed by atoms with van der Waals surface area (Å²) in [4.78, 5) is 37.4. The quantitative estimate of drug-likeness (QED) is 0.865. The Kier molecular flexibility index (Phi) is 4.42. The fourth-order valence-corrected chi connectivity index (χ4v) is 3.87. The number of aromatic nitrogens is 3. The number of amides is 2. The van der Waals surface area contributed by atoms with Crippen LogP contribution in [0.1, 0.15) is 40.8 Å². The van der Waals surface area contributed by atoms with Crippen molar-refractivity contribution in [2.24, 2.45) is 5.73 Å². The fraction of sp³-hybridized carbons (Fsp3) is 0.444. The molecule has 2 amide bonds. The van der Waals surface area contributed by atoms with Crippen molar-refractivity contribution in [3.05, 3.63) is 47.8 Å². The SMILES string of the molecule is NC(=O)c1cnc2n1CCN(C(=O)[C@@H](c1cccnc1)N1CCCC1)C2. The van der Waals surface area contributed by atoms with Crippen LogP contribution >= 0.6 is 0 Å². The van der Waals surface area contributed by atoms with Crippen molar-refractivity contribution < 1.29 is 9.59 Å². The average molecular weight is 354 g/mol. The number of nitrogens with zero attached hydrogens (tertiary/aromatic N) is 5. The number of fused-ring (bicyclic) bond motifs is 1. The third kappa shape index (κ3) is 2.96. The third-order valence-electron chi connectivity index (χ3n) is 5.17. The summed E-state index contributed by atoms with van der Waals surface area (Å²) < 4.78 is 1.81. The summed E-state index contributed by atoms with van der Waals surface area (Å²) in [5.41, 5.74) is 6.71. The lowest BCUT2D eigenvalue weighted by molar-refractivity contribution is -0.138. The smallest absolute Gasteiger partial charge is 0.266 e. The third-order valence-corrected chi connectivity index (χ3v) is 5.17. The maximum Gasteiger partial charge on any atom is 0.266 e. The second-order valence-electron chi connectivity index (χ2n) is 6.77. The van der Waals surface area contributed by atoms with Crippen LogP contribution in [0.3, 0.4) is 0 Å². The first kappa shape index (κ1) is 16.7. The van der Waals surface area contributed by atoms with Crippen LogP contribution in [0, 0.1) is 0 Å². The minimum atomic E-state index is -0.492. The van der Waals surface area contributed by atoms with Crippen LogP contribution in [0.25, 0.3) is 0 Å². The van der Waals surface area contributed by atoms with Gasteiger partial charge >= 0.3 is 0 Å². The lowest BCUT2D eigenvalue weighted by Gasteiger charge is -2.34. The molecule has 2 aromatic heterocycles. The Morgan fingerprint density at radius 2 is 1.92 bits per heavy atom. The zero-order valence-corrected chi connectivity index (χ0v) is 14.5. The number of carbonyl (C=O) groups is 2. The topological polar surface area (TPSA) is 97.3 Å². The first-order valence-electron chi connectivity index (χ1n) is 8.92. The molecule has 4 heterocycles. The van der Waals surface area contributed by atoms with E-state index in [-0.39, 0.29) is 11.9 Å². The molecule has 2 aromatic rings. The van der Waals surface area contributed by atoms with Gasteiger partial charge in [-0.2, -0.15) is 0 Å². The molecule has 1 saturated heterocycles. The molecule has 0 radical (unpaired) electrons. The minimum absolute atomic E-state index is 0.0646. The lowest BCUT2D eigenvalue weighted by Crippen LogP contribution is -2.45. The number of nitrogens with two attached hydrogens (primary N) is 1. The molecule has 1 atom stereocenters. The van der Waals surface area contributed by atoms with Gasteiger partial charge in [0.2, 0.25) is 5.91 Å². The second kappa shape index (κ2) is 6.87. The molecule has 0 aromatic carbocycles. The van der Waals surface area contributed by atoms with E-state index in [0.717, 1.165) is 31.5 Å². The van der Waals surface area contributed by atoms with Crippen molar-refractivity contribution in [2.75, 3.05) is 19.6 Å². The van der Waals surface area contributed by atoms with Gasteiger partial charge in [-0.15, -0.1) is 0 Å². The molecule has 8 heteroatoms. The van der Waals surface area contributed by atoms with E-state index in [1.54, 1.807) is 17.0 Å². The summed E-state index contributed by atoms with van der Waals surface area (Å²) in [5, 5.41) is 0. The molecule has 4 rings (SSSR count). The fourth-order valence-electron chi connectivity index (χ4n) is 3.87.